The molecule has 1 atom stereocenters. The van der Waals surface area contributed by atoms with Gasteiger partial charge in [0.05, 0.1) is 20.3 Å². The van der Waals surface area contributed by atoms with Crippen LogP contribution in [0.4, 0.5) is 0 Å². The van der Waals surface area contributed by atoms with E-state index in [-0.39, 0.29) is 11.4 Å². The molecule has 1 saturated heterocycles. The van der Waals surface area contributed by atoms with Crippen LogP contribution in [0.2, 0.25) is 0 Å². The lowest BCUT2D eigenvalue weighted by molar-refractivity contribution is 0.108. The Labute approximate surface area is 132 Å². The second-order valence-corrected chi connectivity index (χ2v) is 7.56. The molecule has 1 aliphatic heterocycles. The van der Waals surface area contributed by atoms with E-state index in [4.69, 9.17) is 9.47 Å². The molecule has 0 bridgehead atoms. The minimum atomic E-state index is -3.69. The first kappa shape index (κ1) is 16.5. The molecule has 1 fully saturated rings. The molecule has 1 unspecified atom stereocenters. The van der Waals surface area contributed by atoms with Gasteiger partial charge in [-0.1, -0.05) is 0 Å². The highest BCUT2D eigenvalue weighted by Crippen LogP contribution is 2.37. The highest BCUT2D eigenvalue weighted by Gasteiger charge is 2.31. The zero-order valence-electron chi connectivity index (χ0n) is 11.9. The third-order valence-electron chi connectivity index (χ3n) is 3.42. The van der Waals surface area contributed by atoms with Crippen LogP contribution < -0.4 is 9.47 Å². The Balaban J connectivity index is 2.44. The fourth-order valence-corrected chi connectivity index (χ4v) is 4.82. The second-order valence-electron chi connectivity index (χ2n) is 4.80. The Morgan fingerprint density at radius 2 is 1.90 bits per heavy atom. The van der Waals surface area contributed by atoms with Gasteiger partial charge < -0.3 is 14.6 Å². The number of rotatable bonds is 4. The maximum atomic E-state index is 12.7. The largest absolute Gasteiger partial charge is 0.493 e. The number of aliphatic hydroxyl groups excluding tert-OH is 1. The fourth-order valence-electron chi connectivity index (χ4n) is 2.31. The standard InChI is InChI=1S/C13H18BrNO5S/c1-19-11-6-10(14)13(7-12(11)20-2)21(17,18)15-5-3-4-9(16)8-15/h6-7,9,16H,3-5,8H2,1-2H3. The first-order chi connectivity index (χ1) is 9.90. The lowest BCUT2D eigenvalue weighted by Crippen LogP contribution is -2.42. The average Bonchev–Trinajstić information content (AvgIpc) is 2.46. The van der Waals surface area contributed by atoms with Gasteiger partial charge in [-0.3, -0.25) is 0 Å². The van der Waals surface area contributed by atoms with Crippen molar-refractivity contribution in [1.29, 1.82) is 0 Å². The molecule has 0 aromatic heterocycles. The zero-order chi connectivity index (χ0) is 15.6. The van der Waals surface area contributed by atoms with Crippen LogP contribution in [-0.2, 0) is 10.0 Å². The van der Waals surface area contributed by atoms with Crippen LogP contribution in [-0.4, -0.2) is 51.2 Å². The zero-order valence-corrected chi connectivity index (χ0v) is 14.3. The number of hydrogen-bond acceptors (Lipinski definition) is 5. The lowest BCUT2D eigenvalue weighted by Gasteiger charge is -2.29. The summed E-state index contributed by atoms with van der Waals surface area (Å²) in [5.74, 6) is 0.791. The Morgan fingerprint density at radius 1 is 1.29 bits per heavy atom. The summed E-state index contributed by atoms with van der Waals surface area (Å²) in [6.07, 6.45) is 0.650. The summed E-state index contributed by atoms with van der Waals surface area (Å²) in [5.41, 5.74) is 0. The predicted octanol–water partition coefficient (Wildman–Crippen LogP) is 1.61. The van der Waals surface area contributed by atoms with E-state index < -0.39 is 16.1 Å². The SMILES string of the molecule is COc1cc(Br)c(S(=O)(=O)N2CCCC(O)C2)cc1OC. The molecular formula is C13H18BrNO5S. The summed E-state index contributed by atoms with van der Waals surface area (Å²) >= 11 is 3.26. The van der Waals surface area contributed by atoms with Gasteiger partial charge in [-0.2, -0.15) is 4.31 Å². The van der Waals surface area contributed by atoms with Gasteiger partial charge >= 0.3 is 0 Å². The smallest absolute Gasteiger partial charge is 0.244 e. The predicted molar refractivity (Wildman–Crippen MR) is 81.2 cm³/mol. The summed E-state index contributed by atoms with van der Waals surface area (Å²) in [6.45, 7) is 0.517. The van der Waals surface area contributed by atoms with Gasteiger partial charge in [-0.25, -0.2) is 8.42 Å². The second kappa shape index (κ2) is 6.51. The van der Waals surface area contributed by atoms with Crippen molar-refractivity contribution in [2.75, 3.05) is 27.3 Å². The molecule has 0 amide bonds. The van der Waals surface area contributed by atoms with Crippen LogP contribution in [0.15, 0.2) is 21.5 Å². The van der Waals surface area contributed by atoms with Crippen molar-refractivity contribution in [2.24, 2.45) is 0 Å². The number of methoxy groups -OCH3 is 2. The average molecular weight is 380 g/mol. The first-order valence-electron chi connectivity index (χ1n) is 6.50. The quantitative estimate of drug-likeness (QED) is 0.859. The van der Waals surface area contributed by atoms with Crippen molar-refractivity contribution in [3.8, 4) is 11.5 Å². The van der Waals surface area contributed by atoms with Crippen LogP contribution in [0.25, 0.3) is 0 Å². The third-order valence-corrected chi connectivity index (χ3v) is 6.24. The highest BCUT2D eigenvalue weighted by atomic mass is 79.9. The third kappa shape index (κ3) is 3.33. The molecule has 1 aliphatic rings. The van der Waals surface area contributed by atoms with Gasteiger partial charge in [0.25, 0.3) is 0 Å². The number of ether oxygens (including phenoxy) is 2. The summed E-state index contributed by atoms with van der Waals surface area (Å²) in [7, 11) is -0.756. The molecule has 1 N–H and O–H groups in total. The van der Waals surface area contributed by atoms with Crippen molar-refractivity contribution in [2.45, 2.75) is 23.8 Å². The normalized spacial score (nSPS) is 20.3. The number of sulfonamides is 1. The first-order valence-corrected chi connectivity index (χ1v) is 8.73. The maximum Gasteiger partial charge on any atom is 0.244 e. The van der Waals surface area contributed by atoms with Crippen molar-refractivity contribution in [3.05, 3.63) is 16.6 Å². The molecule has 0 radical (unpaired) electrons. The van der Waals surface area contributed by atoms with Gasteiger partial charge in [0.2, 0.25) is 10.0 Å². The summed E-state index contributed by atoms with van der Waals surface area (Å²) in [5, 5.41) is 9.68. The molecule has 8 heteroatoms. The molecule has 1 heterocycles. The van der Waals surface area contributed by atoms with Crippen LogP contribution in [0.5, 0.6) is 11.5 Å². The van der Waals surface area contributed by atoms with E-state index in [1.807, 2.05) is 0 Å². The number of halogens is 1. The van der Waals surface area contributed by atoms with E-state index in [1.165, 1.54) is 24.6 Å². The van der Waals surface area contributed by atoms with E-state index in [1.54, 1.807) is 6.07 Å². The number of hydrogen-bond donors (Lipinski definition) is 1. The number of nitrogens with zero attached hydrogens (tertiary/aromatic N) is 1. The van der Waals surface area contributed by atoms with E-state index >= 15 is 0 Å². The Kier molecular flexibility index (Phi) is 5.13. The Hall–Kier alpha value is -0.830. The van der Waals surface area contributed by atoms with Crippen LogP contribution in [0.3, 0.4) is 0 Å². The van der Waals surface area contributed by atoms with Gasteiger partial charge in [0.1, 0.15) is 4.90 Å². The van der Waals surface area contributed by atoms with Crippen molar-refractivity contribution in [3.63, 3.8) is 0 Å². The monoisotopic (exact) mass is 379 g/mol. The van der Waals surface area contributed by atoms with E-state index in [0.717, 1.165) is 0 Å². The van der Waals surface area contributed by atoms with E-state index in [0.29, 0.717) is 35.4 Å². The number of benzene rings is 1. The highest BCUT2D eigenvalue weighted by molar-refractivity contribution is 9.10. The number of piperidine rings is 1. The van der Waals surface area contributed by atoms with Crippen molar-refractivity contribution < 1.29 is 23.0 Å². The molecule has 1 aromatic carbocycles. The Bertz CT molecular complexity index is 619. The summed E-state index contributed by atoms with van der Waals surface area (Å²) in [6, 6.07) is 2.99. The maximum absolute atomic E-state index is 12.7. The topological polar surface area (TPSA) is 76.1 Å². The summed E-state index contributed by atoms with van der Waals surface area (Å²) < 4.78 is 37.4. The molecule has 0 aliphatic carbocycles. The number of aliphatic hydroxyl groups is 1. The molecule has 1 aromatic rings. The van der Waals surface area contributed by atoms with Crippen LogP contribution >= 0.6 is 15.9 Å². The van der Waals surface area contributed by atoms with E-state index in [2.05, 4.69) is 15.9 Å². The minimum Gasteiger partial charge on any atom is -0.493 e. The van der Waals surface area contributed by atoms with Gasteiger partial charge in [0.15, 0.2) is 11.5 Å². The van der Waals surface area contributed by atoms with Gasteiger partial charge in [-0.15, -0.1) is 0 Å². The minimum absolute atomic E-state index is 0.106. The summed E-state index contributed by atoms with van der Waals surface area (Å²) in [4.78, 5) is 0.106. The van der Waals surface area contributed by atoms with Crippen LogP contribution in [0.1, 0.15) is 12.8 Å². The van der Waals surface area contributed by atoms with Gasteiger partial charge in [0, 0.05) is 23.6 Å². The molecule has 0 spiro atoms. The van der Waals surface area contributed by atoms with E-state index in [9.17, 15) is 13.5 Å². The lowest BCUT2D eigenvalue weighted by atomic mass is 10.1. The molecule has 6 nitrogen and oxygen atoms in total. The fraction of sp³-hybridized carbons (Fsp3) is 0.538. The molecular weight excluding hydrogens is 362 g/mol. The molecule has 118 valence electrons. The van der Waals surface area contributed by atoms with Crippen molar-refractivity contribution in [1.82, 2.24) is 4.31 Å². The molecule has 21 heavy (non-hydrogen) atoms. The Morgan fingerprint density at radius 3 is 2.48 bits per heavy atom. The van der Waals surface area contributed by atoms with Crippen LogP contribution in [0, 0.1) is 0 Å². The number of β-amino-alcohol motifs (C(OH)–C–C–N with tert-alkyl or cyclic N) is 1. The molecule has 2 rings (SSSR count). The van der Waals surface area contributed by atoms with Crippen molar-refractivity contribution >= 4 is 26.0 Å². The van der Waals surface area contributed by atoms with Gasteiger partial charge in [-0.05, 0) is 34.8 Å². The molecule has 0 saturated carbocycles.